The standard InChI is InChI=1S/C12H15N3O2/c1-2-13-11(17)7-15-6-9(8-16)10-4-3-5-14-12(10)15/h3-6,16H,2,7-8H2,1H3,(H,13,17). The van der Waals surface area contributed by atoms with Crippen molar-refractivity contribution in [2.45, 2.75) is 20.1 Å². The van der Waals surface area contributed by atoms with Crippen LogP contribution < -0.4 is 5.32 Å². The molecule has 0 atom stereocenters. The van der Waals surface area contributed by atoms with E-state index in [1.54, 1.807) is 17.0 Å². The van der Waals surface area contributed by atoms with Gasteiger partial charge < -0.3 is 15.0 Å². The maximum Gasteiger partial charge on any atom is 0.239 e. The molecule has 2 aromatic heterocycles. The van der Waals surface area contributed by atoms with Crippen molar-refractivity contribution in [1.82, 2.24) is 14.9 Å². The number of aliphatic hydroxyl groups is 1. The number of fused-ring (bicyclic) bond motifs is 1. The number of amides is 1. The van der Waals surface area contributed by atoms with E-state index in [4.69, 9.17) is 0 Å². The van der Waals surface area contributed by atoms with Gasteiger partial charge in [0, 0.05) is 29.9 Å². The summed E-state index contributed by atoms with van der Waals surface area (Å²) < 4.78 is 1.76. The van der Waals surface area contributed by atoms with E-state index in [1.165, 1.54) is 0 Å². The second-order valence-corrected chi connectivity index (χ2v) is 3.77. The monoisotopic (exact) mass is 233 g/mol. The Kier molecular flexibility index (Phi) is 3.39. The first-order chi connectivity index (χ1) is 8.26. The molecule has 1 amide bonds. The Morgan fingerprint density at radius 2 is 2.41 bits per heavy atom. The number of aliphatic hydroxyl groups excluding tert-OH is 1. The Morgan fingerprint density at radius 1 is 1.59 bits per heavy atom. The predicted octanol–water partition coefficient (Wildman–Crippen LogP) is 0.665. The van der Waals surface area contributed by atoms with Crippen LogP contribution in [0, 0.1) is 0 Å². The summed E-state index contributed by atoms with van der Waals surface area (Å²) in [6, 6.07) is 3.71. The highest BCUT2D eigenvalue weighted by molar-refractivity contribution is 5.83. The lowest BCUT2D eigenvalue weighted by atomic mass is 10.2. The van der Waals surface area contributed by atoms with Crippen molar-refractivity contribution >= 4 is 16.9 Å². The summed E-state index contributed by atoms with van der Waals surface area (Å²) in [5.41, 5.74) is 1.51. The van der Waals surface area contributed by atoms with Crippen LogP contribution in [0.5, 0.6) is 0 Å². The van der Waals surface area contributed by atoms with Crippen LogP contribution in [0.25, 0.3) is 11.0 Å². The van der Waals surface area contributed by atoms with E-state index in [9.17, 15) is 9.90 Å². The summed E-state index contributed by atoms with van der Waals surface area (Å²) in [4.78, 5) is 15.8. The molecule has 0 saturated carbocycles. The Bertz CT molecular complexity index is 534. The van der Waals surface area contributed by atoms with Gasteiger partial charge in [0.15, 0.2) is 0 Å². The SMILES string of the molecule is CCNC(=O)Cn1cc(CO)c2cccnc21. The fraction of sp³-hybridized carbons (Fsp3) is 0.333. The lowest BCUT2D eigenvalue weighted by Gasteiger charge is -2.04. The van der Waals surface area contributed by atoms with Crippen LogP contribution in [0.1, 0.15) is 12.5 Å². The van der Waals surface area contributed by atoms with Crippen molar-refractivity contribution in [3.8, 4) is 0 Å². The summed E-state index contributed by atoms with van der Waals surface area (Å²) in [7, 11) is 0. The van der Waals surface area contributed by atoms with Gasteiger partial charge >= 0.3 is 0 Å². The number of hydrogen-bond donors (Lipinski definition) is 2. The molecular formula is C12H15N3O2. The first kappa shape index (κ1) is 11.6. The van der Waals surface area contributed by atoms with Crippen LogP contribution >= 0.6 is 0 Å². The van der Waals surface area contributed by atoms with Crippen LogP contribution in [-0.4, -0.2) is 27.1 Å². The molecule has 0 aliphatic heterocycles. The molecule has 5 heteroatoms. The van der Waals surface area contributed by atoms with Gasteiger partial charge in [-0.1, -0.05) is 0 Å². The van der Waals surface area contributed by atoms with Crippen LogP contribution in [0.4, 0.5) is 0 Å². The van der Waals surface area contributed by atoms with E-state index in [0.717, 1.165) is 16.6 Å². The number of carbonyl (C=O) groups is 1. The van der Waals surface area contributed by atoms with Gasteiger partial charge in [0.05, 0.1) is 6.61 Å². The third-order valence-corrected chi connectivity index (χ3v) is 2.57. The molecule has 90 valence electrons. The van der Waals surface area contributed by atoms with Crippen LogP contribution in [0.3, 0.4) is 0 Å². The molecule has 5 nitrogen and oxygen atoms in total. The molecule has 0 radical (unpaired) electrons. The van der Waals surface area contributed by atoms with Gasteiger partial charge in [-0.3, -0.25) is 4.79 Å². The van der Waals surface area contributed by atoms with Crippen LogP contribution in [0.2, 0.25) is 0 Å². The van der Waals surface area contributed by atoms with E-state index in [2.05, 4.69) is 10.3 Å². The summed E-state index contributed by atoms with van der Waals surface area (Å²) in [6.07, 6.45) is 3.45. The number of aromatic nitrogens is 2. The van der Waals surface area contributed by atoms with Gasteiger partial charge in [0.2, 0.25) is 5.91 Å². The number of nitrogens with one attached hydrogen (secondary N) is 1. The zero-order chi connectivity index (χ0) is 12.3. The fourth-order valence-electron chi connectivity index (χ4n) is 1.85. The molecule has 0 aliphatic rings. The fourth-order valence-corrected chi connectivity index (χ4v) is 1.85. The number of likely N-dealkylation sites (N-methyl/N-ethyl adjacent to an activating group) is 1. The molecule has 2 aromatic rings. The number of rotatable bonds is 4. The van der Waals surface area contributed by atoms with Gasteiger partial charge in [-0.05, 0) is 19.1 Å². The average molecular weight is 233 g/mol. The molecule has 0 fully saturated rings. The summed E-state index contributed by atoms with van der Waals surface area (Å²) in [5.74, 6) is -0.0560. The molecular weight excluding hydrogens is 218 g/mol. The second kappa shape index (κ2) is 4.97. The molecule has 0 bridgehead atoms. The van der Waals surface area contributed by atoms with E-state index >= 15 is 0 Å². The molecule has 2 N–H and O–H groups in total. The lowest BCUT2D eigenvalue weighted by molar-refractivity contribution is -0.121. The molecule has 17 heavy (non-hydrogen) atoms. The van der Waals surface area contributed by atoms with Crippen molar-refractivity contribution in [2.24, 2.45) is 0 Å². The normalized spacial score (nSPS) is 10.7. The van der Waals surface area contributed by atoms with Gasteiger partial charge in [-0.25, -0.2) is 4.98 Å². The van der Waals surface area contributed by atoms with Crippen molar-refractivity contribution < 1.29 is 9.90 Å². The van der Waals surface area contributed by atoms with Gasteiger partial charge in [0.25, 0.3) is 0 Å². The molecule has 0 aromatic carbocycles. The van der Waals surface area contributed by atoms with Crippen molar-refractivity contribution in [3.63, 3.8) is 0 Å². The Labute approximate surface area is 99.1 Å². The minimum Gasteiger partial charge on any atom is -0.392 e. The Balaban J connectivity index is 2.37. The maximum absolute atomic E-state index is 11.5. The minimum atomic E-state index is -0.0560. The Morgan fingerprint density at radius 3 is 3.12 bits per heavy atom. The van der Waals surface area contributed by atoms with E-state index < -0.39 is 0 Å². The summed E-state index contributed by atoms with van der Waals surface area (Å²) in [6.45, 7) is 2.66. The molecule has 0 spiro atoms. The molecule has 0 saturated heterocycles. The molecule has 2 heterocycles. The van der Waals surface area contributed by atoms with Crippen LogP contribution in [0.15, 0.2) is 24.5 Å². The number of carbonyl (C=O) groups excluding carboxylic acids is 1. The predicted molar refractivity (Wildman–Crippen MR) is 64.3 cm³/mol. The van der Waals surface area contributed by atoms with E-state index in [-0.39, 0.29) is 19.1 Å². The highest BCUT2D eigenvalue weighted by Gasteiger charge is 2.10. The first-order valence-electron chi connectivity index (χ1n) is 5.56. The molecule has 2 rings (SSSR count). The van der Waals surface area contributed by atoms with Gasteiger partial charge in [-0.2, -0.15) is 0 Å². The van der Waals surface area contributed by atoms with Crippen molar-refractivity contribution in [1.29, 1.82) is 0 Å². The topological polar surface area (TPSA) is 67.2 Å². The number of nitrogens with zero attached hydrogens (tertiary/aromatic N) is 2. The van der Waals surface area contributed by atoms with Crippen molar-refractivity contribution in [3.05, 3.63) is 30.1 Å². The Hall–Kier alpha value is -1.88. The number of pyridine rings is 1. The highest BCUT2D eigenvalue weighted by Crippen LogP contribution is 2.18. The number of hydrogen-bond acceptors (Lipinski definition) is 3. The van der Waals surface area contributed by atoms with Crippen molar-refractivity contribution in [2.75, 3.05) is 6.54 Å². The minimum absolute atomic E-state index is 0.0510. The third-order valence-electron chi connectivity index (χ3n) is 2.57. The van der Waals surface area contributed by atoms with Crippen LogP contribution in [-0.2, 0) is 17.9 Å². The van der Waals surface area contributed by atoms with Gasteiger partial charge in [-0.15, -0.1) is 0 Å². The average Bonchev–Trinajstić information content (AvgIpc) is 2.68. The largest absolute Gasteiger partial charge is 0.392 e. The molecule has 0 aliphatic carbocycles. The van der Waals surface area contributed by atoms with Gasteiger partial charge in [0.1, 0.15) is 12.2 Å². The zero-order valence-electron chi connectivity index (χ0n) is 9.68. The quantitative estimate of drug-likeness (QED) is 0.815. The molecule has 0 unspecified atom stereocenters. The smallest absolute Gasteiger partial charge is 0.239 e. The lowest BCUT2D eigenvalue weighted by Crippen LogP contribution is -2.26. The maximum atomic E-state index is 11.5. The summed E-state index contributed by atoms with van der Waals surface area (Å²) >= 11 is 0. The third kappa shape index (κ3) is 2.29. The first-order valence-corrected chi connectivity index (χ1v) is 5.56. The van der Waals surface area contributed by atoms with E-state index in [0.29, 0.717) is 6.54 Å². The second-order valence-electron chi connectivity index (χ2n) is 3.77. The zero-order valence-corrected chi connectivity index (χ0v) is 9.68. The highest BCUT2D eigenvalue weighted by atomic mass is 16.3. The summed E-state index contributed by atoms with van der Waals surface area (Å²) in [5, 5.41) is 12.9. The van der Waals surface area contributed by atoms with E-state index in [1.807, 2.05) is 19.1 Å².